The Labute approximate surface area is 189 Å². The summed E-state index contributed by atoms with van der Waals surface area (Å²) >= 11 is 0. The van der Waals surface area contributed by atoms with Crippen molar-refractivity contribution in [3.8, 4) is 5.69 Å². The molecule has 5 aromatic rings. The molecule has 0 atom stereocenters. The molecule has 0 spiro atoms. The first-order valence-electron chi connectivity index (χ1n) is 10.5. The van der Waals surface area contributed by atoms with Crippen LogP contribution >= 0.6 is 0 Å². The Hall–Kier alpha value is -4.33. The second-order valence-electron chi connectivity index (χ2n) is 7.85. The number of rotatable bonds is 5. The fourth-order valence-electron chi connectivity index (χ4n) is 3.88. The van der Waals surface area contributed by atoms with Gasteiger partial charge in [0.25, 0.3) is 5.91 Å². The van der Waals surface area contributed by atoms with Crippen LogP contribution in [0.4, 0.5) is 10.1 Å². The smallest absolute Gasteiger partial charge is 0.256 e. The Morgan fingerprint density at radius 2 is 1.88 bits per heavy atom. The molecule has 1 amide bonds. The second kappa shape index (κ2) is 8.31. The number of para-hydroxylation sites is 1. The lowest BCUT2D eigenvalue weighted by molar-refractivity contribution is 0.102. The summed E-state index contributed by atoms with van der Waals surface area (Å²) in [5.41, 5.74) is 4.76. The molecule has 0 unspecified atom stereocenters. The highest BCUT2D eigenvalue weighted by Crippen LogP contribution is 2.25. The number of benzene rings is 2. The van der Waals surface area contributed by atoms with Gasteiger partial charge in [-0.3, -0.25) is 9.48 Å². The monoisotopic (exact) mass is 440 g/mol. The van der Waals surface area contributed by atoms with Gasteiger partial charge >= 0.3 is 0 Å². The third-order valence-corrected chi connectivity index (χ3v) is 5.31. The molecular formula is C25H21FN6O. The van der Waals surface area contributed by atoms with E-state index in [1.165, 1.54) is 12.1 Å². The average Bonchev–Trinajstić information content (AvgIpc) is 3.37. The number of carbonyl (C=O) groups excluding carboxylic acids is 1. The Morgan fingerprint density at radius 1 is 1.06 bits per heavy atom. The van der Waals surface area contributed by atoms with Crippen LogP contribution in [0.25, 0.3) is 16.7 Å². The van der Waals surface area contributed by atoms with Crippen LogP contribution in [0.5, 0.6) is 0 Å². The summed E-state index contributed by atoms with van der Waals surface area (Å²) in [6, 6.07) is 17.8. The van der Waals surface area contributed by atoms with Crippen LogP contribution in [-0.2, 0) is 6.54 Å². The molecule has 33 heavy (non-hydrogen) atoms. The van der Waals surface area contributed by atoms with Crippen LogP contribution in [-0.4, -0.2) is 30.5 Å². The molecule has 0 saturated carbocycles. The number of aromatic nitrogens is 5. The number of hydrogen-bond donors (Lipinski definition) is 1. The molecule has 3 heterocycles. The van der Waals surface area contributed by atoms with Crippen LogP contribution in [0.3, 0.4) is 0 Å². The summed E-state index contributed by atoms with van der Waals surface area (Å²) in [6.45, 7) is 4.12. The van der Waals surface area contributed by atoms with Gasteiger partial charge in [-0.1, -0.05) is 30.3 Å². The lowest BCUT2D eigenvalue weighted by Crippen LogP contribution is -2.13. The Balaban J connectivity index is 1.45. The van der Waals surface area contributed by atoms with Crippen molar-refractivity contribution in [2.75, 3.05) is 5.32 Å². The number of amides is 1. The van der Waals surface area contributed by atoms with E-state index in [-0.39, 0.29) is 11.7 Å². The average molecular weight is 440 g/mol. The Bertz CT molecular complexity index is 1470. The summed E-state index contributed by atoms with van der Waals surface area (Å²) in [7, 11) is 0. The zero-order valence-corrected chi connectivity index (χ0v) is 18.2. The number of anilines is 1. The van der Waals surface area contributed by atoms with Crippen molar-refractivity contribution in [2.24, 2.45) is 0 Å². The highest BCUT2D eigenvalue weighted by Gasteiger charge is 2.20. The van der Waals surface area contributed by atoms with Crippen molar-refractivity contribution >= 4 is 22.6 Å². The number of nitrogens with one attached hydrogen (secondary N) is 1. The molecule has 0 radical (unpaired) electrons. The molecule has 164 valence electrons. The molecule has 0 fully saturated rings. The first kappa shape index (κ1) is 20.6. The first-order valence-corrected chi connectivity index (χ1v) is 10.5. The quantitative estimate of drug-likeness (QED) is 0.431. The molecule has 0 aliphatic heterocycles. The van der Waals surface area contributed by atoms with Gasteiger partial charge in [0.05, 0.1) is 40.8 Å². The summed E-state index contributed by atoms with van der Waals surface area (Å²) in [5, 5.41) is 12.5. The summed E-state index contributed by atoms with van der Waals surface area (Å²) in [5.74, 6) is -0.566. The zero-order valence-electron chi connectivity index (χ0n) is 18.2. The van der Waals surface area contributed by atoms with Crippen molar-refractivity contribution in [1.82, 2.24) is 24.5 Å². The molecule has 5 rings (SSSR count). The third-order valence-electron chi connectivity index (χ3n) is 5.31. The number of fused-ring (bicyclic) bond motifs is 1. The van der Waals surface area contributed by atoms with Gasteiger partial charge in [0, 0.05) is 11.9 Å². The topological polar surface area (TPSA) is 77.6 Å². The van der Waals surface area contributed by atoms with Gasteiger partial charge < -0.3 is 5.32 Å². The van der Waals surface area contributed by atoms with E-state index < -0.39 is 0 Å². The van der Waals surface area contributed by atoms with E-state index in [1.807, 2.05) is 50.2 Å². The number of nitrogens with zero attached hydrogens (tertiary/aromatic N) is 5. The third kappa shape index (κ3) is 4.10. The second-order valence-corrected chi connectivity index (χ2v) is 7.85. The fourth-order valence-corrected chi connectivity index (χ4v) is 3.88. The van der Waals surface area contributed by atoms with Crippen LogP contribution in [0, 0.1) is 19.7 Å². The molecule has 1 N–H and O–H groups in total. The van der Waals surface area contributed by atoms with Gasteiger partial charge in [-0.25, -0.2) is 14.1 Å². The van der Waals surface area contributed by atoms with Gasteiger partial charge in [0.2, 0.25) is 0 Å². The molecule has 7 nitrogen and oxygen atoms in total. The SMILES string of the molecule is Cc1cc(C(=O)Nc2cnn(Cc3cccc(F)c3)c2)c2c(C)nn(-c3ccccc3)c2n1. The van der Waals surface area contributed by atoms with Gasteiger partial charge in [-0.2, -0.15) is 10.2 Å². The minimum absolute atomic E-state index is 0.272. The molecule has 0 aliphatic rings. The van der Waals surface area contributed by atoms with Crippen molar-refractivity contribution < 1.29 is 9.18 Å². The van der Waals surface area contributed by atoms with Gasteiger partial charge in [-0.05, 0) is 49.7 Å². The lowest BCUT2D eigenvalue weighted by atomic mass is 10.1. The Kier molecular flexibility index (Phi) is 5.18. The van der Waals surface area contributed by atoms with Crippen molar-refractivity contribution in [2.45, 2.75) is 20.4 Å². The molecule has 0 saturated heterocycles. The number of aryl methyl sites for hydroxylation is 2. The fraction of sp³-hybridized carbons (Fsp3) is 0.120. The summed E-state index contributed by atoms with van der Waals surface area (Å²) in [6.07, 6.45) is 3.29. The number of pyridine rings is 1. The van der Waals surface area contributed by atoms with E-state index in [1.54, 1.807) is 33.9 Å². The van der Waals surface area contributed by atoms with E-state index in [9.17, 15) is 9.18 Å². The Morgan fingerprint density at radius 3 is 2.67 bits per heavy atom. The first-order chi connectivity index (χ1) is 16.0. The van der Waals surface area contributed by atoms with Crippen LogP contribution in [0.1, 0.15) is 27.3 Å². The van der Waals surface area contributed by atoms with Gasteiger partial charge in [0.1, 0.15) is 5.82 Å². The largest absolute Gasteiger partial charge is 0.319 e. The molecule has 0 bridgehead atoms. The normalized spacial score (nSPS) is 11.1. The number of carbonyl (C=O) groups is 1. The van der Waals surface area contributed by atoms with E-state index in [0.29, 0.717) is 40.2 Å². The van der Waals surface area contributed by atoms with Crippen molar-refractivity contribution in [3.63, 3.8) is 0 Å². The minimum atomic E-state index is -0.295. The zero-order chi connectivity index (χ0) is 22.9. The van der Waals surface area contributed by atoms with Gasteiger partial charge in [-0.15, -0.1) is 0 Å². The molecule has 8 heteroatoms. The van der Waals surface area contributed by atoms with Crippen LogP contribution in [0.15, 0.2) is 73.1 Å². The number of halogens is 1. The maximum Gasteiger partial charge on any atom is 0.256 e. The highest BCUT2D eigenvalue weighted by atomic mass is 19.1. The highest BCUT2D eigenvalue weighted by molar-refractivity contribution is 6.12. The molecule has 3 aromatic heterocycles. The summed E-state index contributed by atoms with van der Waals surface area (Å²) < 4.78 is 16.8. The summed E-state index contributed by atoms with van der Waals surface area (Å²) in [4.78, 5) is 17.9. The number of hydrogen-bond acceptors (Lipinski definition) is 4. The van der Waals surface area contributed by atoms with E-state index in [2.05, 4.69) is 20.5 Å². The molecule has 0 aliphatic carbocycles. The standard InChI is InChI=1S/C25H21FN6O/c1-16-11-22(23-17(2)30-32(24(23)28-16)21-9-4-3-5-10-21)25(33)29-20-13-27-31(15-20)14-18-7-6-8-19(26)12-18/h3-13,15H,14H2,1-2H3,(H,29,33). The molecule has 2 aromatic carbocycles. The molecular weight excluding hydrogens is 419 g/mol. The predicted octanol–water partition coefficient (Wildman–Crippen LogP) is 4.67. The minimum Gasteiger partial charge on any atom is -0.319 e. The van der Waals surface area contributed by atoms with Crippen molar-refractivity contribution in [3.05, 3.63) is 101 Å². The van der Waals surface area contributed by atoms with E-state index in [4.69, 9.17) is 0 Å². The van der Waals surface area contributed by atoms with Gasteiger partial charge in [0.15, 0.2) is 5.65 Å². The van der Waals surface area contributed by atoms with Crippen molar-refractivity contribution in [1.29, 1.82) is 0 Å². The maximum atomic E-state index is 13.4. The maximum absolute atomic E-state index is 13.4. The predicted molar refractivity (Wildman–Crippen MR) is 124 cm³/mol. The van der Waals surface area contributed by atoms with E-state index >= 15 is 0 Å². The van der Waals surface area contributed by atoms with E-state index in [0.717, 1.165) is 11.3 Å². The van der Waals surface area contributed by atoms with Crippen LogP contribution < -0.4 is 5.32 Å². The lowest BCUT2D eigenvalue weighted by Gasteiger charge is -2.07. The van der Waals surface area contributed by atoms with Crippen LogP contribution in [0.2, 0.25) is 0 Å².